The lowest BCUT2D eigenvalue weighted by Crippen LogP contribution is -2.53. The van der Waals surface area contributed by atoms with Crippen LogP contribution in [0.15, 0.2) is 29.2 Å². The second-order valence-corrected chi connectivity index (χ2v) is 9.08. The summed E-state index contributed by atoms with van der Waals surface area (Å²) in [7, 11) is -1.67. The van der Waals surface area contributed by atoms with E-state index in [0.717, 1.165) is 36.7 Å². The molecule has 25 heavy (non-hydrogen) atoms. The van der Waals surface area contributed by atoms with E-state index in [0.29, 0.717) is 18.7 Å². The van der Waals surface area contributed by atoms with Crippen LogP contribution in [-0.2, 0) is 19.9 Å². The van der Waals surface area contributed by atoms with Crippen molar-refractivity contribution in [2.24, 2.45) is 5.92 Å². The van der Waals surface area contributed by atoms with Gasteiger partial charge in [0.25, 0.3) is 0 Å². The van der Waals surface area contributed by atoms with Gasteiger partial charge in [0.05, 0.1) is 13.2 Å². The molecule has 3 fully saturated rings. The van der Waals surface area contributed by atoms with Crippen molar-refractivity contribution in [2.45, 2.75) is 43.2 Å². The zero-order valence-electron chi connectivity index (χ0n) is 14.8. The maximum Gasteiger partial charge on any atom is 0.180 e. The highest BCUT2D eigenvalue weighted by Crippen LogP contribution is 2.38. The summed E-state index contributed by atoms with van der Waals surface area (Å²) in [5.41, 5.74) is 0.292. The van der Waals surface area contributed by atoms with Gasteiger partial charge < -0.3 is 9.64 Å². The molecule has 2 saturated heterocycles. The Morgan fingerprint density at radius 3 is 2.48 bits per heavy atom. The summed E-state index contributed by atoms with van der Waals surface area (Å²) in [6, 6.07) is 7.19. The van der Waals surface area contributed by atoms with Gasteiger partial charge in [0.1, 0.15) is 0 Å². The van der Waals surface area contributed by atoms with Crippen LogP contribution in [0.2, 0.25) is 0 Å². The molecule has 1 spiro atoms. The number of carbonyl (C=O) groups excluding carboxylic acids is 1. The topological polar surface area (TPSA) is 49.9 Å². The van der Waals surface area contributed by atoms with Gasteiger partial charge in [0, 0.05) is 38.0 Å². The van der Waals surface area contributed by atoms with Gasteiger partial charge in [-0.1, -0.05) is 8.51 Å². The van der Waals surface area contributed by atoms with E-state index in [1.165, 1.54) is 19.4 Å². The molecule has 1 aliphatic carbocycles. The van der Waals surface area contributed by atoms with E-state index in [1.807, 2.05) is 12.1 Å². The lowest BCUT2D eigenvalue weighted by atomic mass is 10.0. The maximum absolute atomic E-state index is 13.2. The number of benzene rings is 1. The molecule has 0 bridgehead atoms. The van der Waals surface area contributed by atoms with Crippen molar-refractivity contribution in [3.63, 3.8) is 0 Å². The van der Waals surface area contributed by atoms with Crippen molar-refractivity contribution < 1.29 is 13.7 Å². The van der Waals surface area contributed by atoms with Crippen LogP contribution in [-0.4, -0.2) is 53.5 Å². The first-order valence-corrected chi connectivity index (χ1v) is 10.5. The Labute approximate surface area is 151 Å². The molecule has 0 radical (unpaired) electrons. The fourth-order valence-electron chi connectivity index (χ4n) is 3.97. The molecule has 0 aromatic heterocycles. The zero-order valence-corrected chi connectivity index (χ0v) is 15.7. The smallest absolute Gasteiger partial charge is 0.180 e. The molecule has 0 N–H and O–H groups in total. The van der Waals surface area contributed by atoms with E-state index in [-0.39, 0.29) is 11.5 Å². The molecule has 2 aliphatic heterocycles. The summed E-state index contributed by atoms with van der Waals surface area (Å²) >= 11 is 0. The Bertz CT molecular complexity index is 664. The van der Waals surface area contributed by atoms with Crippen LogP contribution in [0.5, 0.6) is 0 Å². The first-order valence-electron chi connectivity index (χ1n) is 9.29. The number of hydrogen-bond acceptors (Lipinski definition) is 4. The molecule has 3 aliphatic rings. The van der Waals surface area contributed by atoms with Crippen LogP contribution >= 0.6 is 0 Å². The number of hydrogen-bond donors (Lipinski definition) is 0. The van der Waals surface area contributed by atoms with E-state index in [4.69, 9.17) is 4.74 Å². The van der Waals surface area contributed by atoms with Gasteiger partial charge in [-0.25, -0.2) is 0 Å². The highest BCUT2D eigenvalue weighted by molar-refractivity contribution is 7.82. The fraction of sp³-hybridized carbons (Fsp3) is 0.632. The van der Waals surface area contributed by atoms with Crippen molar-refractivity contribution in [3.8, 4) is 0 Å². The Morgan fingerprint density at radius 1 is 1.20 bits per heavy atom. The summed E-state index contributed by atoms with van der Waals surface area (Å²) in [5, 5.41) is 0. The van der Waals surface area contributed by atoms with Crippen molar-refractivity contribution in [2.75, 3.05) is 32.8 Å². The normalized spacial score (nSPS) is 25.3. The van der Waals surface area contributed by atoms with Gasteiger partial charge in [0.15, 0.2) is 27.4 Å². The quantitative estimate of drug-likeness (QED) is 0.458. The number of carbonyl (C=O) groups is 1. The molecule has 1 aromatic rings. The molecule has 5 nitrogen and oxygen atoms in total. The first kappa shape index (κ1) is 17.3. The van der Waals surface area contributed by atoms with Gasteiger partial charge in [-0.3, -0.25) is 4.79 Å². The van der Waals surface area contributed by atoms with Crippen LogP contribution in [0.4, 0.5) is 0 Å². The Hall–Kier alpha value is -1.08. The highest BCUT2D eigenvalue weighted by Gasteiger charge is 2.51. The van der Waals surface area contributed by atoms with Crippen molar-refractivity contribution in [1.29, 1.82) is 0 Å². The number of likely N-dealkylation sites (tertiary alicyclic amines) is 1. The van der Waals surface area contributed by atoms with Crippen LogP contribution < -0.4 is 0 Å². The van der Waals surface area contributed by atoms with Crippen LogP contribution in [0, 0.1) is 5.92 Å². The van der Waals surface area contributed by atoms with Gasteiger partial charge in [-0.15, -0.1) is 0 Å². The molecule has 1 aromatic carbocycles. The molecule has 4 rings (SSSR count). The van der Waals surface area contributed by atoms with Gasteiger partial charge in [0.2, 0.25) is 0 Å². The molecular weight excluding hydrogens is 336 g/mol. The monoisotopic (exact) mass is 363 g/mol. The number of piperidine rings is 1. The first-order chi connectivity index (χ1) is 12.1. The maximum atomic E-state index is 13.2. The fourth-order valence-corrected chi connectivity index (χ4v) is 5.51. The minimum Gasteiger partial charge on any atom is -0.354 e. The van der Waals surface area contributed by atoms with E-state index in [1.54, 1.807) is 19.1 Å². The summed E-state index contributed by atoms with van der Waals surface area (Å²) in [5.74, 6) is 0.942. The number of rotatable bonds is 5. The van der Waals surface area contributed by atoms with E-state index < -0.39 is 11.0 Å². The van der Waals surface area contributed by atoms with Gasteiger partial charge >= 0.3 is 0 Å². The van der Waals surface area contributed by atoms with Crippen LogP contribution in [0.1, 0.15) is 43.0 Å². The summed E-state index contributed by atoms with van der Waals surface area (Å²) < 4.78 is 21.4. The number of ether oxygens (including phenoxy) is 1. The van der Waals surface area contributed by atoms with E-state index in [9.17, 15) is 9.00 Å². The van der Waals surface area contributed by atoms with Gasteiger partial charge in [-0.2, -0.15) is 0 Å². The number of thiol groups is 1. The van der Waals surface area contributed by atoms with Crippen molar-refractivity contribution >= 4 is 16.8 Å². The van der Waals surface area contributed by atoms with Crippen molar-refractivity contribution in [1.82, 2.24) is 9.21 Å². The number of Topliss-reactive ketones (excluding diaryl/α,β-unsaturated/α-hetero) is 1. The third-order valence-electron chi connectivity index (χ3n) is 5.71. The molecule has 136 valence electrons. The number of ketones is 1. The molecule has 2 heterocycles. The minimum atomic E-state index is -1.67. The molecule has 1 unspecified atom stereocenters. The molecular formula is C19H27N2O3S+. The Morgan fingerprint density at radius 2 is 1.88 bits per heavy atom. The predicted octanol–water partition coefficient (Wildman–Crippen LogP) is 2.39. The molecule has 6 heteroatoms. The highest BCUT2D eigenvalue weighted by atomic mass is 32.2. The molecule has 1 saturated carbocycles. The predicted molar refractivity (Wildman–Crippen MR) is 97.9 cm³/mol. The second-order valence-electron chi connectivity index (χ2n) is 7.54. The zero-order chi connectivity index (χ0) is 17.4. The van der Waals surface area contributed by atoms with Crippen LogP contribution in [0.25, 0.3) is 0 Å². The lowest BCUT2D eigenvalue weighted by molar-refractivity contribution is -0.0897. The Balaban J connectivity index is 1.45. The minimum absolute atomic E-state index is 0.0331. The summed E-state index contributed by atoms with van der Waals surface area (Å²) in [6.45, 7) is 6.18. The second kappa shape index (κ2) is 6.91. The lowest BCUT2D eigenvalue weighted by Gasteiger charge is -2.40. The SMILES string of the molecule is CC(=O)c1ccc([SH+](=O)N2CCOC23CCN(CC2CC2)CC3)cc1. The van der Waals surface area contributed by atoms with Crippen molar-refractivity contribution in [3.05, 3.63) is 29.8 Å². The summed E-state index contributed by atoms with van der Waals surface area (Å²) in [4.78, 5) is 14.8. The third kappa shape index (κ3) is 3.58. The summed E-state index contributed by atoms with van der Waals surface area (Å²) in [6.07, 6.45) is 4.61. The average molecular weight is 364 g/mol. The van der Waals surface area contributed by atoms with Gasteiger partial charge in [-0.05, 0) is 49.9 Å². The largest absolute Gasteiger partial charge is 0.354 e. The molecule has 1 atom stereocenters. The number of nitrogens with zero attached hydrogens (tertiary/aromatic N) is 2. The standard InChI is InChI=1S/C19H26N2O3S/c1-15(22)17-4-6-18(7-5-17)25(23)21-12-13-24-19(21)8-10-20(11-9-19)14-16-2-3-16/h4-7,16H,2-3,8-14H2,1H3/p+1. The van der Waals surface area contributed by atoms with E-state index in [2.05, 4.69) is 9.21 Å². The van der Waals surface area contributed by atoms with E-state index >= 15 is 0 Å². The molecule has 0 amide bonds. The average Bonchev–Trinajstić information content (AvgIpc) is 3.35. The Kier molecular flexibility index (Phi) is 4.79. The third-order valence-corrected chi connectivity index (χ3v) is 7.45. The van der Waals surface area contributed by atoms with Crippen LogP contribution in [0.3, 0.4) is 0 Å².